The molecule has 4 aromatic heterocycles. The van der Waals surface area contributed by atoms with Gasteiger partial charge in [-0.2, -0.15) is 0 Å². The van der Waals surface area contributed by atoms with E-state index in [0.717, 1.165) is 77.3 Å². The van der Waals surface area contributed by atoms with Crippen LogP contribution in [0.25, 0.3) is 87.7 Å². The molecule has 0 spiro atoms. The van der Waals surface area contributed by atoms with E-state index in [-0.39, 0.29) is 26.8 Å². The molecule has 9 rings (SSSR count). The summed E-state index contributed by atoms with van der Waals surface area (Å²) in [5, 5.41) is 13.0. The zero-order chi connectivity index (χ0) is 33.6. The topological polar surface area (TPSA) is 59.2 Å². The third-order valence-electron chi connectivity index (χ3n) is 8.97. The number of hydrogen-bond donors (Lipinski definition) is 1. The number of phenolic OH excluding ortho intramolecular Hbond substituents is 1. The van der Waals surface area contributed by atoms with Gasteiger partial charge < -0.3 is 9.52 Å². The fourth-order valence-electron chi connectivity index (χ4n) is 6.54. The Morgan fingerprint density at radius 1 is 0.529 bits per heavy atom. The minimum Gasteiger partial charge on any atom is -0.507 e. The Kier molecular flexibility index (Phi) is 8.69. The van der Waals surface area contributed by atoms with Gasteiger partial charge >= 0.3 is 0 Å². The number of para-hydroxylation sites is 2. The molecule has 0 saturated carbocycles. The predicted octanol–water partition coefficient (Wildman–Crippen LogP) is 12.3. The smallest absolute Gasteiger partial charge is 0.136 e. The van der Waals surface area contributed by atoms with E-state index in [9.17, 15) is 5.11 Å². The zero-order valence-corrected chi connectivity index (χ0v) is 30.5. The van der Waals surface area contributed by atoms with Crippen LogP contribution in [-0.2, 0) is 21.1 Å². The summed E-state index contributed by atoms with van der Waals surface area (Å²) in [6.45, 7) is 2.03. The maximum atomic E-state index is 10.7. The number of aromatic nitrogens is 2. The Balaban J connectivity index is 0.00000374. The standard InChI is InChI=1S/C45H29N2O2S.Pt/c1-28-22-34(45-21-20-44(50-45)32-18-19-36-35-14-6-8-17-42(35)49-43(36)27-32)26-38(46-28)30-12-9-13-31(23-30)39-24-33(29-10-3-2-4-11-29)25-40(47-39)37-15-5-7-16-41(37)48;/h2-22,24-27,48H,1H3;/q-1;. The molecule has 0 fully saturated rings. The van der Waals surface area contributed by atoms with Crippen LogP contribution in [0.2, 0.25) is 0 Å². The minimum atomic E-state index is 0. The molecule has 4 heterocycles. The van der Waals surface area contributed by atoms with Crippen molar-refractivity contribution in [3.05, 3.63) is 163 Å². The molecule has 51 heavy (non-hydrogen) atoms. The molecule has 0 atom stereocenters. The first-order chi connectivity index (χ1) is 24.6. The first kappa shape index (κ1) is 32.6. The number of furan rings is 1. The van der Waals surface area contributed by atoms with Gasteiger partial charge in [0.2, 0.25) is 0 Å². The van der Waals surface area contributed by atoms with Crippen molar-refractivity contribution in [1.29, 1.82) is 0 Å². The van der Waals surface area contributed by atoms with Gasteiger partial charge in [-0.25, -0.2) is 0 Å². The van der Waals surface area contributed by atoms with Crippen molar-refractivity contribution in [1.82, 2.24) is 9.97 Å². The number of nitrogens with zero attached hydrogens (tertiary/aromatic N) is 2. The Bertz CT molecular complexity index is 2700. The van der Waals surface area contributed by atoms with Crippen LogP contribution in [0.4, 0.5) is 0 Å². The van der Waals surface area contributed by atoms with Gasteiger partial charge in [0, 0.05) is 64.2 Å². The molecule has 4 nitrogen and oxygen atoms in total. The largest absolute Gasteiger partial charge is 0.507 e. The molecule has 0 aliphatic heterocycles. The number of pyridine rings is 2. The van der Waals surface area contributed by atoms with E-state index in [4.69, 9.17) is 14.4 Å². The number of fused-ring (bicyclic) bond motifs is 3. The molecule has 0 aliphatic carbocycles. The third kappa shape index (κ3) is 6.31. The Morgan fingerprint density at radius 3 is 2.02 bits per heavy atom. The molecule has 1 N–H and O–H groups in total. The van der Waals surface area contributed by atoms with Crippen LogP contribution in [0.3, 0.4) is 0 Å². The molecule has 0 saturated heterocycles. The number of hydrogen-bond acceptors (Lipinski definition) is 5. The summed E-state index contributed by atoms with van der Waals surface area (Å²) >= 11 is 1.76. The number of thiophene rings is 1. The first-order valence-corrected chi connectivity index (χ1v) is 17.3. The van der Waals surface area contributed by atoms with Crippen molar-refractivity contribution in [3.8, 4) is 71.5 Å². The van der Waals surface area contributed by atoms with E-state index < -0.39 is 0 Å². The van der Waals surface area contributed by atoms with Gasteiger partial charge in [-0.1, -0.05) is 90.0 Å². The molecule has 248 valence electrons. The van der Waals surface area contributed by atoms with Crippen molar-refractivity contribution in [2.45, 2.75) is 6.92 Å². The summed E-state index contributed by atoms with van der Waals surface area (Å²) in [6, 6.07) is 54.6. The fourth-order valence-corrected chi connectivity index (χ4v) is 7.53. The van der Waals surface area contributed by atoms with E-state index in [1.54, 1.807) is 17.4 Å². The van der Waals surface area contributed by atoms with Crippen LogP contribution >= 0.6 is 11.3 Å². The summed E-state index contributed by atoms with van der Waals surface area (Å²) in [4.78, 5) is 12.3. The average Bonchev–Trinajstić information content (AvgIpc) is 3.81. The monoisotopic (exact) mass is 856 g/mol. The molecule has 0 unspecified atom stereocenters. The summed E-state index contributed by atoms with van der Waals surface area (Å²) in [5.41, 5.74) is 11.8. The number of phenols is 1. The van der Waals surface area contributed by atoms with Gasteiger partial charge in [0.25, 0.3) is 0 Å². The second-order valence-corrected chi connectivity index (χ2v) is 13.4. The fraction of sp³-hybridized carbons (Fsp3) is 0.0222. The molecule has 0 amide bonds. The van der Waals surface area contributed by atoms with E-state index in [2.05, 4.69) is 72.8 Å². The van der Waals surface area contributed by atoms with E-state index in [0.29, 0.717) is 11.3 Å². The van der Waals surface area contributed by atoms with Gasteiger partial charge in [-0.3, -0.25) is 9.97 Å². The van der Waals surface area contributed by atoms with Gasteiger partial charge in [-0.15, -0.1) is 35.6 Å². The van der Waals surface area contributed by atoms with Crippen molar-refractivity contribution in [3.63, 3.8) is 0 Å². The molecular formula is C45H29N2O2PtS-. The summed E-state index contributed by atoms with van der Waals surface area (Å²) in [5.74, 6) is 0.192. The maximum absolute atomic E-state index is 10.7. The van der Waals surface area contributed by atoms with Crippen LogP contribution in [0.5, 0.6) is 5.75 Å². The molecule has 0 radical (unpaired) electrons. The minimum absolute atomic E-state index is 0. The van der Waals surface area contributed by atoms with Crippen LogP contribution in [0.15, 0.2) is 156 Å². The molecule has 0 aliphatic rings. The van der Waals surface area contributed by atoms with Gasteiger partial charge in [0.1, 0.15) is 16.9 Å². The molecule has 9 aromatic rings. The van der Waals surface area contributed by atoms with E-state index >= 15 is 0 Å². The van der Waals surface area contributed by atoms with Gasteiger partial charge in [0.15, 0.2) is 0 Å². The van der Waals surface area contributed by atoms with Crippen molar-refractivity contribution in [2.24, 2.45) is 0 Å². The number of aryl methyl sites for hydroxylation is 1. The predicted molar refractivity (Wildman–Crippen MR) is 205 cm³/mol. The first-order valence-electron chi connectivity index (χ1n) is 16.5. The average molecular weight is 857 g/mol. The SMILES string of the molecule is Cc1cc(-c2ccc(-c3ccc4c(c3)oc3ccccc34)s2)cc(-c2[c-]c(-c3cc(-c4ccccc4)cc(-c4ccccc4O)n3)ccc2)n1.[Pt]. The maximum Gasteiger partial charge on any atom is 0.136 e. The Labute approximate surface area is 314 Å². The number of rotatable bonds is 6. The second kappa shape index (κ2) is 13.6. The third-order valence-corrected chi connectivity index (χ3v) is 10.2. The molecule has 0 bridgehead atoms. The van der Waals surface area contributed by atoms with Crippen molar-refractivity contribution < 1.29 is 30.6 Å². The van der Waals surface area contributed by atoms with Crippen LogP contribution in [0, 0.1) is 13.0 Å². The normalized spacial score (nSPS) is 11.2. The summed E-state index contributed by atoms with van der Waals surface area (Å²) < 4.78 is 6.17. The summed E-state index contributed by atoms with van der Waals surface area (Å²) in [6.07, 6.45) is 0. The van der Waals surface area contributed by atoms with Crippen LogP contribution < -0.4 is 0 Å². The van der Waals surface area contributed by atoms with Crippen LogP contribution in [-0.4, -0.2) is 15.1 Å². The van der Waals surface area contributed by atoms with Gasteiger partial charge in [0.05, 0.1) is 5.69 Å². The second-order valence-electron chi connectivity index (χ2n) is 12.3. The molecular weight excluding hydrogens is 828 g/mol. The van der Waals surface area contributed by atoms with Crippen molar-refractivity contribution >= 4 is 33.3 Å². The Morgan fingerprint density at radius 2 is 1.20 bits per heavy atom. The van der Waals surface area contributed by atoms with Crippen LogP contribution in [0.1, 0.15) is 5.69 Å². The quantitative estimate of drug-likeness (QED) is 0.169. The Hall–Kier alpha value is -5.61. The van der Waals surface area contributed by atoms with Gasteiger partial charge in [-0.05, 0) is 83.8 Å². The molecule has 5 aromatic carbocycles. The number of aromatic hydroxyl groups is 1. The molecule has 6 heteroatoms. The van der Waals surface area contributed by atoms with E-state index in [1.165, 1.54) is 4.88 Å². The number of benzene rings is 5. The van der Waals surface area contributed by atoms with E-state index in [1.807, 2.05) is 85.8 Å². The van der Waals surface area contributed by atoms with Crippen molar-refractivity contribution in [2.75, 3.05) is 0 Å². The zero-order valence-electron chi connectivity index (χ0n) is 27.4. The summed E-state index contributed by atoms with van der Waals surface area (Å²) in [7, 11) is 0.